The monoisotopic (exact) mass is 432 g/mol. The van der Waals surface area contributed by atoms with Gasteiger partial charge < -0.3 is 10.2 Å². The topological polar surface area (TPSA) is 32.3 Å². The zero-order valence-electron chi connectivity index (χ0n) is 17.8. The molecule has 0 saturated heterocycles. The number of unbranched alkanes of at least 4 members (excludes halogenated alkanes) is 2. The first-order valence-electron chi connectivity index (χ1n) is 10.6. The Kier molecular flexibility index (Phi) is 9.41. The van der Waals surface area contributed by atoms with Gasteiger partial charge in [-0.15, -0.1) is 23.7 Å². The Bertz CT molecular complexity index is 978. The molecule has 158 valence electrons. The molecule has 0 aliphatic heterocycles. The normalized spacial score (nSPS) is 11.2. The summed E-state index contributed by atoms with van der Waals surface area (Å²) >= 11 is 1.72. The van der Waals surface area contributed by atoms with E-state index in [-0.39, 0.29) is 17.8 Å². The van der Waals surface area contributed by atoms with E-state index in [1.807, 2.05) is 24.3 Å². The van der Waals surface area contributed by atoms with Gasteiger partial charge in [-0.1, -0.05) is 44.9 Å². The third-order valence-corrected chi connectivity index (χ3v) is 6.63. The molecule has 29 heavy (non-hydrogen) atoms. The largest absolute Gasteiger partial charge is 0.383 e. The van der Waals surface area contributed by atoms with E-state index < -0.39 is 0 Å². The summed E-state index contributed by atoms with van der Waals surface area (Å²) in [5.74, 6) is 0. The minimum absolute atomic E-state index is 0. The Labute approximate surface area is 184 Å². The van der Waals surface area contributed by atoms with Crippen molar-refractivity contribution in [3.63, 3.8) is 0 Å². The van der Waals surface area contributed by atoms with Crippen LogP contribution in [0.25, 0.3) is 20.2 Å². The van der Waals surface area contributed by atoms with Crippen LogP contribution in [0.5, 0.6) is 0 Å². The molecule has 2 aromatic carbocycles. The first-order chi connectivity index (χ1) is 13.7. The highest BCUT2D eigenvalue weighted by Crippen LogP contribution is 2.31. The minimum Gasteiger partial charge on any atom is -0.383 e. The van der Waals surface area contributed by atoms with Gasteiger partial charge in [0.05, 0.1) is 5.39 Å². The van der Waals surface area contributed by atoms with Crippen molar-refractivity contribution in [1.29, 1.82) is 0 Å². The molecule has 0 atom stereocenters. The van der Waals surface area contributed by atoms with Gasteiger partial charge in [-0.3, -0.25) is 4.79 Å². The van der Waals surface area contributed by atoms with E-state index in [0.29, 0.717) is 0 Å². The summed E-state index contributed by atoms with van der Waals surface area (Å²) < 4.78 is 2.16. The number of halogens is 1. The molecular weight excluding hydrogens is 400 g/mol. The molecule has 3 nitrogen and oxygen atoms in total. The van der Waals surface area contributed by atoms with Gasteiger partial charge in [0.2, 0.25) is 0 Å². The van der Waals surface area contributed by atoms with Crippen molar-refractivity contribution < 1.29 is 0 Å². The molecule has 0 radical (unpaired) electrons. The van der Waals surface area contributed by atoms with Crippen molar-refractivity contribution in [3.05, 3.63) is 52.2 Å². The number of fused-ring (bicyclic) bond motifs is 2. The highest BCUT2D eigenvalue weighted by Gasteiger charge is 2.12. The van der Waals surface area contributed by atoms with Crippen LogP contribution in [0.3, 0.4) is 0 Å². The van der Waals surface area contributed by atoms with Gasteiger partial charge in [0, 0.05) is 33.6 Å². The molecule has 0 saturated carbocycles. The fraction of sp³-hybridized carbons (Fsp3) is 0.458. The average Bonchev–Trinajstić information content (AvgIpc) is 2.71. The third-order valence-electron chi connectivity index (χ3n) is 5.32. The Hall–Kier alpha value is -1.62. The number of hydrogen-bond donors (Lipinski definition) is 1. The van der Waals surface area contributed by atoms with Crippen molar-refractivity contribution in [1.82, 2.24) is 4.90 Å². The molecule has 1 N–H and O–H groups in total. The van der Waals surface area contributed by atoms with Crippen molar-refractivity contribution in [2.75, 3.05) is 31.5 Å². The van der Waals surface area contributed by atoms with Crippen molar-refractivity contribution in [2.24, 2.45) is 0 Å². The van der Waals surface area contributed by atoms with Crippen LogP contribution in [-0.4, -0.2) is 31.1 Å². The van der Waals surface area contributed by atoms with Gasteiger partial charge >= 0.3 is 0 Å². The number of nitrogens with one attached hydrogen (secondary N) is 1. The molecule has 0 fully saturated rings. The Morgan fingerprint density at radius 3 is 2.34 bits per heavy atom. The van der Waals surface area contributed by atoms with Gasteiger partial charge in [0.25, 0.3) is 0 Å². The fourth-order valence-electron chi connectivity index (χ4n) is 3.63. The molecule has 5 heteroatoms. The lowest BCUT2D eigenvalue weighted by Crippen LogP contribution is -2.31. The number of aryl methyl sites for hydroxylation is 1. The number of rotatable bonds is 10. The quantitative estimate of drug-likeness (QED) is 0.373. The van der Waals surface area contributed by atoms with Crippen LogP contribution in [0.2, 0.25) is 0 Å². The number of benzene rings is 2. The molecule has 0 amide bonds. The minimum atomic E-state index is 0. The zero-order valence-corrected chi connectivity index (χ0v) is 19.4. The maximum absolute atomic E-state index is 13.2. The average molecular weight is 433 g/mol. The van der Waals surface area contributed by atoms with E-state index in [2.05, 4.69) is 43.1 Å². The predicted molar refractivity (Wildman–Crippen MR) is 132 cm³/mol. The second-order valence-corrected chi connectivity index (χ2v) is 8.59. The van der Waals surface area contributed by atoms with E-state index in [1.165, 1.54) is 31.2 Å². The molecule has 0 unspecified atom stereocenters. The molecule has 0 aliphatic rings. The molecular formula is C24H33ClN2OS. The van der Waals surface area contributed by atoms with Crippen molar-refractivity contribution >= 4 is 49.6 Å². The van der Waals surface area contributed by atoms with Crippen LogP contribution >= 0.6 is 23.7 Å². The van der Waals surface area contributed by atoms with Gasteiger partial charge in [-0.05, 0) is 56.6 Å². The number of nitrogens with zero attached hydrogens (tertiary/aromatic N) is 1. The van der Waals surface area contributed by atoms with E-state index in [9.17, 15) is 4.79 Å². The molecule has 0 aliphatic carbocycles. The van der Waals surface area contributed by atoms with Crippen LogP contribution in [0.15, 0.2) is 41.2 Å². The first kappa shape index (κ1) is 23.7. The van der Waals surface area contributed by atoms with Gasteiger partial charge in [-0.2, -0.15) is 0 Å². The lowest BCUT2D eigenvalue weighted by Gasteiger charge is -2.22. The van der Waals surface area contributed by atoms with E-state index in [4.69, 9.17) is 0 Å². The highest BCUT2D eigenvalue weighted by atomic mass is 35.5. The van der Waals surface area contributed by atoms with Crippen LogP contribution in [0, 0.1) is 6.92 Å². The molecule has 1 aromatic heterocycles. The van der Waals surface area contributed by atoms with Gasteiger partial charge in [0.1, 0.15) is 0 Å². The maximum Gasteiger partial charge on any atom is 0.197 e. The first-order valence-corrected chi connectivity index (χ1v) is 11.4. The van der Waals surface area contributed by atoms with Gasteiger partial charge in [0.15, 0.2) is 5.43 Å². The van der Waals surface area contributed by atoms with E-state index >= 15 is 0 Å². The standard InChI is InChI=1S/C24H32N2OS.ClH/c1-4-6-15-26(16-7-5-2)17-14-25-20-13-12-18(3)24-22(20)23(27)19-10-8-9-11-21(19)28-24;/h8-13,25H,4-7,14-17H2,1-3H3;1H. The lowest BCUT2D eigenvalue weighted by atomic mass is 10.1. The van der Waals surface area contributed by atoms with E-state index in [0.717, 1.165) is 52.0 Å². The summed E-state index contributed by atoms with van der Waals surface area (Å²) in [6, 6.07) is 12.1. The fourth-order valence-corrected chi connectivity index (χ4v) is 4.80. The molecule has 3 rings (SSSR count). The highest BCUT2D eigenvalue weighted by molar-refractivity contribution is 7.24. The summed E-state index contributed by atoms with van der Waals surface area (Å²) in [5, 5.41) is 5.23. The summed E-state index contributed by atoms with van der Waals surface area (Å²) in [4.78, 5) is 15.7. The Balaban J connectivity index is 0.00000300. The second-order valence-electron chi connectivity index (χ2n) is 7.54. The second kappa shape index (κ2) is 11.5. The molecule has 0 bridgehead atoms. The number of anilines is 1. The van der Waals surface area contributed by atoms with Crippen LogP contribution < -0.4 is 10.7 Å². The van der Waals surface area contributed by atoms with Crippen molar-refractivity contribution in [3.8, 4) is 0 Å². The summed E-state index contributed by atoms with van der Waals surface area (Å²) in [7, 11) is 0. The SMILES string of the molecule is CCCCN(CCCC)CCNc1ccc(C)c2sc3ccccc3c(=O)c12.Cl. The van der Waals surface area contributed by atoms with Gasteiger partial charge in [-0.25, -0.2) is 0 Å². The predicted octanol–water partition coefficient (Wildman–Crippen LogP) is 6.46. The summed E-state index contributed by atoms with van der Waals surface area (Å²) in [6.45, 7) is 10.8. The Morgan fingerprint density at radius 1 is 0.966 bits per heavy atom. The third kappa shape index (κ3) is 5.71. The maximum atomic E-state index is 13.2. The zero-order chi connectivity index (χ0) is 19.9. The smallest absolute Gasteiger partial charge is 0.197 e. The molecule has 3 aromatic rings. The van der Waals surface area contributed by atoms with Crippen LogP contribution in [-0.2, 0) is 0 Å². The number of hydrogen-bond acceptors (Lipinski definition) is 4. The summed E-state index contributed by atoms with van der Waals surface area (Å²) in [5.41, 5.74) is 2.28. The van der Waals surface area contributed by atoms with Crippen LogP contribution in [0.1, 0.15) is 45.1 Å². The lowest BCUT2D eigenvalue weighted by molar-refractivity contribution is 0.275. The van der Waals surface area contributed by atoms with Crippen LogP contribution in [0.4, 0.5) is 5.69 Å². The summed E-state index contributed by atoms with van der Waals surface area (Å²) in [6.07, 6.45) is 4.95. The van der Waals surface area contributed by atoms with Crippen molar-refractivity contribution in [2.45, 2.75) is 46.5 Å². The Morgan fingerprint density at radius 2 is 1.66 bits per heavy atom. The molecule has 1 heterocycles. The van der Waals surface area contributed by atoms with E-state index in [1.54, 1.807) is 11.3 Å². The molecule has 0 spiro atoms.